The van der Waals surface area contributed by atoms with Gasteiger partial charge in [0.2, 0.25) is 11.8 Å². The van der Waals surface area contributed by atoms with E-state index < -0.39 is 0 Å². The highest BCUT2D eigenvalue weighted by Gasteiger charge is 2.34. The Morgan fingerprint density at radius 1 is 1.27 bits per heavy atom. The van der Waals surface area contributed by atoms with E-state index in [9.17, 15) is 9.59 Å². The van der Waals surface area contributed by atoms with Gasteiger partial charge in [-0.05, 0) is 32.3 Å². The van der Waals surface area contributed by atoms with Crippen LogP contribution >= 0.6 is 24.8 Å². The number of likely N-dealkylation sites (N-methyl/N-ethyl adjacent to an activating group) is 1. The summed E-state index contributed by atoms with van der Waals surface area (Å²) in [5, 5.41) is 6.27. The highest BCUT2D eigenvalue weighted by molar-refractivity contribution is 5.97. The van der Waals surface area contributed by atoms with E-state index in [1.165, 1.54) is 0 Å². The number of hydrogen-bond donors (Lipinski definition) is 2. The summed E-state index contributed by atoms with van der Waals surface area (Å²) in [5.74, 6) is -0.274. The van der Waals surface area contributed by atoms with E-state index in [1.54, 1.807) is 4.90 Å². The lowest BCUT2D eigenvalue weighted by Crippen LogP contribution is -2.34. The molecule has 2 amide bonds. The van der Waals surface area contributed by atoms with Crippen LogP contribution in [0.1, 0.15) is 18.9 Å². The van der Waals surface area contributed by atoms with Crippen molar-refractivity contribution in [2.24, 2.45) is 5.92 Å². The molecule has 1 aromatic rings. The van der Waals surface area contributed by atoms with Crippen LogP contribution in [0.15, 0.2) is 24.3 Å². The Morgan fingerprint density at radius 3 is 2.62 bits per heavy atom. The van der Waals surface area contributed by atoms with Gasteiger partial charge in [-0.15, -0.1) is 24.8 Å². The molecule has 26 heavy (non-hydrogen) atoms. The van der Waals surface area contributed by atoms with E-state index >= 15 is 0 Å². The number of rotatable bonds is 8. The molecular formula is C18H30Cl2N4O2. The standard InChI is InChI=1S/C18H28N4O2.2ClH/c1-4-19-12-14-7-5-6-8-16(14)20-18(24)15-11-17(23)22(13-15)10-9-21(2)3;;/h5-8,15,19H,4,9-13H2,1-3H3,(H,20,24);2*1H. The van der Waals surface area contributed by atoms with E-state index in [1.807, 2.05) is 50.2 Å². The van der Waals surface area contributed by atoms with Crippen LogP contribution in [-0.4, -0.2) is 61.9 Å². The topological polar surface area (TPSA) is 64.7 Å². The summed E-state index contributed by atoms with van der Waals surface area (Å²) >= 11 is 0. The molecule has 1 unspecified atom stereocenters. The maximum Gasteiger partial charge on any atom is 0.229 e. The number of carbonyl (C=O) groups is 2. The summed E-state index contributed by atoms with van der Waals surface area (Å²) in [6.45, 7) is 5.63. The third kappa shape index (κ3) is 7.11. The highest BCUT2D eigenvalue weighted by atomic mass is 35.5. The Bertz CT molecular complexity index is 584. The number of anilines is 1. The molecule has 1 heterocycles. The Kier molecular flexibility index (Phi) is 11.5. The first-order valence-corrected chi connectivity index (χ1v) is 8.53. The van der Waals surface area contributed by atoms with Gasteiger partial charge in [0.15, 0.2) is 0 Å². The van der Waals surface area contributed by atoms with Gasteiger partial charge in [0.1, 0.15) is 0 Å². The van der Waals surface area contributed by atoms with Gasteiger partial charge in [-0.25, -0.2) is 0 Å². The number of halogens is 2. The molecule has 0 bridgehead atoms. The second-order valence-corrected chi connectivity index (χ2v) is 6.47. The number of benzene rings is 1. The minimum Gasteiger partial charge on any atom is -0.341 e. The fourth-order valence-corrected chi connectivity index (χ4v) is 2.78. The molecule has 1 fully saturated rings. The monoisotopic (exact) mass is 404 g/mol. The largest absolute Gasteiger partial charge is 0.341 e. The van der Waals surface area contributed by atoms with E-state index in [0.29, 0.717) is 26.1 Å². The zero-order valence-corrected chi connectivity index (χ0v) is 17.3. The predicted molar refractivity (Wildman–Crippen MR) is 110 cm³/mol. The molecule has 2 N–H and O–H groups in total. The second-order valence-electron chi connectivity index (χ2n) is 6.47. The van der Waals surface area contributed by atoms with Crippen molar-refractivity contribution in [2.45, 2.75) is 19.9 Å². The van der Waals surface area contributed by atoms with Crippen LogP contribution in [0.25, 0.3) is 0 Å². The minimum atomic E-state index is -0.271. The van der Waals surface area contributed by atoms with Gasteiger partial charge in [0, 0.05) is 38.3 Å². The van der Waals surface area contributed by atoms with Crippen molar-refractivity contribution in [1.82, 2.24) is 15.1 Å². The molecule has 0 saturated carbocycles. The lowest BCUT2D eigenvalue weighted by Gasteiger charge is -2.19. The number of nitrogens with zero attached hydrogens (tertiary/aromatic N) is 2. The molecular weight excluding hydrogens is 375 g/mol. The molecule has 1 aliphatic rings. The quantitative estimate of drug-likeness (QED) is 0.695. The number of carbonyl (C=O) groups excluding carboxylic acids is 2. The molecule has 8 heteroatoms. The normalized spacial score (nSPS) is 16.2. The van der Waals surface area contributed by atoms with Crippen LogP contribution in [0.2, 0.25) is 0 Å². The second kappa shape index (κ2) is 12.1. The van der Waals surface area contributed by atoms with Gasteiger partial charge in [0.25, 0.3) is 0 Å². The maximum atomic E-state index is 12.5. The third-order valence-electron chi connectivity index (χ3n) is 4.24. The van der Waals surface area contributed by atoms with E-state index in [-0.39, 0.29) is 42.5 Å². The molecule has 1 aromatic carbocycles. The summed E-state index contributed by atoms with van der Waals surface area (Å²) in [4.78, 5) is 28.5. The molecule has 148 valence electrons. The van der Waals surface area contributed by atoms with Crippen LogP contribution in [-0.2, 0) is 16.1 Å². The minimum absolute atomic E-state index is 0. The summed E-state index contributed by atoms with van der Waals surface area (Å²) in [5.41, 5.74) is 1.88. The van der Waals surface area contributed by atoms with Gasteiger partial charge < -0.3 is 20.4 Å². The van der Waals surface area contributed by atoms with Gasteiger partial charge in [-0.3, -0.25) is 9.59 Å². The Balaban J connectivity index is 0.00000312. The molecule has 0 spiro atoms. The average Bonchev–Trinajstić information content (AvgIpc) is 2.93. The van der Waals surface area contributed by atoms with Crippen molar-refractivity contribution in [3.05, 3.63) is 29.8 Å². The first kappa shape index (κ1) is 24.7. The predicted octanol–water partition coefficient (Wildman–Crippen LogP) is 1.99. The number of likely N-dealkylation sites (tertiary alicyclic amines) is 1. The summed E-state index contributed by atoms with van der Waals surface area (Å²) in [6, 6.07) is 7.78. The highest BCUT2D eigenvalue weighted by Crippen LogP contribution is 2.21. The van der Waals surface area contributed by atoms with E-state index in [0.717, 1.165) is 24.3 Å². The van der Waals surface area contributed by atoms with Gasteiger partial charge >= 0.3 is 0 Å². The Hall–Kier alpha value is -1.34. The van der Waals surface area contributed by atoms with E-state index in [2.05, 4.69) is 10.6 Å². The maximum absolute atomic E-state index is 12.5. The van der Waals surface area contributed by atoms with Crippen LogP contribution in [0.3, 0.4) is 0 Å². The molecule has 2 rings (SSSR count). The molecule has 1 aliphatic heterocycles. The number of nitrogens with one attached hydrogen (secondary N) is 2. The number of hydrogen-bond acceptors (Lipinski definition) is 4. The van der Waals surface area contributed by atoms with Crippen molar-refractivity contribution in [1.29, 1.82) is 0 Å². The number of amides is 2. The lowest BCUT2D eigenvalue weighted by atomic mass is 10.1. The first-order valence-electron chi connectivity index (χ1n) is 8.53. The molecule has 1 atom stereocenters. The van der Waals surface area contributed by atoms with Crippen LogP contribution < -0.4 is 10.6 Å². The first-order chi connectivity index (χ1) is 11.5. The van der Waals surface area contributed by atoms with Gasteiger partial charge in [-0.2, -0.15) is 0 Å². The van der Waals surface area contributed by atoms with Gasteiger partial charge in [-0.1, -0.05) is 25.1 Å². The SMILES string of the molecule is CCNCc1ccccc1NC(=O)C1CC(=O)N(CCN(C)C)C1.Cl.Cl. The van der Waals surface area contributed by atoms with Crippen molar-refractivity contribution >= 4 is 42.3 Å². The fraction of sp³-hybridized carbons (Fsp3) is 0.556. The lowest BCUT2D eigenvalue weighted by molar-refractivity contribution is -0.128. The molecule has 0 radical (unpaired) electrons. The summed E-state index contributed by atoms with van der Waals surface area (Å²) < 4.78 is 0. The van der Waals surface area contributed by atoms with Crippen molar-refractivity contribution < 1.29 is 9.59 Å². The van der Waals surface area contributed by atoms with Crippen molar-refractivity contribution in [2.75, 3.05) is 45.6 Å². The van der Waals surface area contributed by atoms with Gasteiger partial charge in [0.05, 0.1) is 5.92 Å². The molecule has 0 aromatic heterocycles. The van der Waals surface area contributed by atoms with Crippen molar-refractivity contribution in [3.8, 4) is 0 Å². The van der Waals surface area contributed by atoms with Crippen LogP contribution in [0, 0.1) is 5.92 Å². The smallest absolute Gasteiger partial charge is 0.229 e. The molecule has 6 nitrogen and oxygen atoms in total. The molecule has 1 saturated heterocycles. The van der Waals surface area contributed by atoms with Crippen molar-refractivity contribution in [3.63, 3.8) is 0 Å². The summed E-state index contributed by atoms with van der Waals surface area (Å²) in [7, 11) is 3.96. The Morgan fingerprint density at radius 2 is 1.96 bits per heavy atom. The third-order valence-corrected chi connectivity index (χ3v) is 4.24. The average molecular weight is 405 g/mol. The van der Waals surface area contributed by atoms with Crippen LogP contribution in [0.4, 0.5) is 5.69 Å². The summed E-state index contributed by atoms with van der Waals surface area (Å²) in [6.07, 6.45) is 0.300. The zero-order valence-electron chi connectivity index (χ0n) is 15.7. The Labute approximate surface area is 168 Å². The van der Waals surface area contributed by atoms with E-state index in [4.69, 9.17) is 0 Å². The van der Waals surface area contributed by atoms with Crippen LogP contribution in [0.5, 0.6) is 0 Å². The fourth-order valence-electron chi connectivity index (χ4n) is 2.78. The number of para-hydroxylation sites is 1. The zero-order chi connectivity index (χ0) is 17.5. The molecule has 0 aliphatic carbocycles.